The Kier molecular flexibility index (Phi) is 4.97. The first-order chi connectivity index (χ1) is 13.6. The highest BCUT2D eigenvalue weighted by Gasteiger charge is 2.21. The zero-order valence-corrected chi connectivity index (χ0v) is 15.9. The maximum Gasteiger partial charge on any atom is 0.254 e. The zero-order valence-electron chi connectivity index (χ0n) is 15.9. The van der Waals surface area contributed by atoms with Gasteiger partial charge < -0.3 is 14.8 Å². The highest BCUT2D eigenvalue weighted by molar-refractivity contribution is 5.95. The molecule has 0 saturated carbocycles. The Bertz CT molecular complexity index is 983. The van der Waals surface area contributed by atoms with Crippen molar-refractivity contribution in [1.29, 1.82) is 0 Å². The van der Waals surface area contributed by atoms with Gasteiger partial charge in [-0.1, -0.05) is 26.0 Å². The number of amides is 1. The maximum absolute atomic E-state index is 12.8. The van der Waals surface area contributed by atoms with Gasteiger partial charge in [0.2, 0.25) is 6.79 Å². The number of carbonyl (C=O) groups excluding carboxylic acids is 1. The maximum atomic E-state index is 12.8. The number of pyridine rings is 1. The lowest BCUT2D eigenvalue weighted by Gasteiger charge is -2.12. The number of hydrogen-bond acceptors (Lipinski definition) is 5. The fourth-order valence-electron chi connectivity index (χ4n) is 3.26. The largest absolute Gasteiger partial charge is 0.454 e. The summed E-state index contributed by atoms with van der Waals surface area (Å²) in [5.74, 6) is 2.20. The Balaban J connectivity index is 1.45. The molecule has 7 heteroatoms. The molecule has 0 aliphatic carbocycles. The molecule has 28 heavy (non-hydrogen) atoms. The quantitative estimate of drug-likeness (QED) is 0.713. The van der Waals surface area contributed by atoms with E-state index in [-0.39, 0.29) is 18.6 Å². The summed E-state index contributed by atoms with van der Waals surface area (Å²) in [5, 5.41) is 7.39. The van der Waals surface area contributed by atoms with Crippen molar-refractivity contribution in [3.8, 4) is 17.3 Å². The third-order valence-electron chi connectivity index (χ3n) is 4.60. The smallest absolute Gasteiger partial charge is 0.254 e. The average Bonchev–Trinajstić information content (AvgIpc) is 3.35. The van der Waals surface area contributed by atoms with Crippen molar-refractivity contribution >= 4 is 5.91 Å². The predicted octanol–water partition coefficient (Wildman–Crippen LogP) is 3.09. The number of aromatic nitrogens is 3. The molecule has 1 aromatic carbocycles. The minimum absolute atomic E-state index is 0.124. The summed E-state index contributed by atoms with van der Waals surface area (Å²) >= 11 is 0. The molecule has 3 heterocycles. The van der Waals surface area contributed by atoms with Crippen LogP contribution < -0.4 is 14.8 Å². The summed E-state index contributed by atoms with van der Waals surface area (Å²) < 4.78 is 12.5. The molecular formula is C21H22N4O3. The molecule has 2 aromatic heterocycles. The Morgan fingerprint density at radius 1 is 1.21 bits per heavy atom. The van der Waals surface area contributed by atoms with Gasteiger partial charge in [0.15, 0.2) is 17.3 Å². The molecule has 7 nitrogen and oxygen atoms in total. The number of rotatable bonds is 6. The second-order valence-corrected chi connectivity index (χ2v) is 6.89. The normalized spacial score (nSPS) is 12.4. The summed E-state index contributed by atoms with van der Waals surface area (Å²) in [4.78, 5) is 17.1. The molecule has 0 unspecified atom stereocenters. The molecule has 0 fully saturated rings. The highest BCUT2D eigenvalue weighted by atomic mass is 16.7. The van der Waals surface area contributed by atoms with Gasteiger partial charge in [0, 0.05) is 12.7 Å². The van der Waals surface area contributed by atoms with Crippen molar-refractivity contribution in [3.63, 3.8) is 0 Å². The van der Waals surface area contributed by atoms with E-state index >= 15 is 0 Å². The van der Waals surface area contributed by atoms with E-state index in [1.807, 2.05) is 50.2 Å². The van der Waals surface area contributed by atoms with Crippen molar-refractivity contribution in [2.45, 2.75) is 26.2 Å². The Morgan fingerprint density at radius 3 is 2.86 bits per heavy atom. The van der Waals surface area contributed by atoms with Crippen LogP contribution >= 0.6 is 0 Å². The predicted molar refractivity (Wildman–Crippen MR) is 104 cm³/mol. The van der Waals surface area contributed by atoms with E-state index in [1.165, 1.54) is 0 Å². The molecule has 1 N–H and O–H groups in total. The van der Waals surface area contributed by atoms with Gasteiger partial charge in [0.05, 0.1) is 17.5 Å². The fourth-order valence-corrected chi connectivity index (χ4v) is 3.26. The Labute approximate surface area is 163 Å². The van der Waals surface area contributed by atoms with Gasteiger partial charge in [0.25, 0.3) is 5.91 Å². The first-order valence-electron chi connectivity index (χ1n) is 9.29. The lowest BCUT2D eigenvalue weighted by Crippen LogP contribution is -2.26. The van der Waals surface area contributed by atoms with Crippen molar-refractivity contribution < 1.29 is 14.3 Å². The standard InChI is InChI=1S/C21H22N4O3/c1-14(2)20-16(12-24-25(20)19-5-3-4-9-22-19)21(26)23-10-8-15-6-7-17-18(11-15)28-13-27-17/h3-7,9,11-12,14H,8,10,13H2,1-2H3,(H,23,26). The molecule has 1 aliphatic rings. The van der Waals surface area contributed by atoms with Crippen LogP contribution in [0.2, 0.25) is 0 Å². The third-order valence-corrected chi connectivity index (χ3v) is 4.60. The molecule has 0 radical (unpaired) electrons. The molecule has 144 valence electrons. The lowest BCUT2D eigenvalue weighted by molar-refractivity contribution is 0.0952. The van der Waals surface area contributed by atoms with E-state index in [2.05, 4.69) is 15.4 Å². The van der Waals surface area contributed by atoms with E-state index in [0.717, 1.165) is 22.8 Å². The van der Waals surface area contributed by atoms with Crippen molar-refractivity contribution in [1.82, 2.24) is 20.1 Å². The van der Waals surface area contributed by atoms with E-state index in [9.17, 15) is 4.79 Å². The number of carbonyl (C=O) groups is 1. The Hall–Kier alpha value is -3.35. The molecular weight excluding hydrogens is 356 g/mol. The van der Waals surface area contributed by atoms with Crippen LogP contribution in [0.15, 0.2) is 48.8 Å². The molecule has 1 aliphatic heterocycles. The van der Waals surface area contributed by atoms with Gasteiger partial charge in [-0.2, -0.15) is 5.10 Å². The van der Waals surface area contributed by atoms with Crippen LogP contribution in [0.5, 0.6) is 11.5 Å². The van der Waals surface area contributed by atoms with Gasteiger partial charge in [-0.15, -0.1) is 0 Å². The van der Waals surface area contributed by atoms with Crippen LogP contribution in [0.25, 0.3) is 5.82 Å². The van der Waals surface area contributed by atoms with Crippen LogP contribution in [0, 0.1) is 0 Å². The van der Waals surface area contributed by atoms with Crippen LogP contribution in [-0.2, 0) is 6.42 Å². The van der Waals surface area contributed by atoms with Gasteiger partial charge in [-0.3, -0.25) is 4.79 Å². The van der Waals surface area contributed by atoms with Gasteiger partial charge in [0.1, 0.15) is 0 Å². The molecule has 0 spiro atoms. The van der Waals surface area contributed by atoms with Crippen molar-refractivity contribution in [2.24, 2.45) is 0 Å². The van der Waals surface area contributed by atoms with Gasteiger partial charge in [-0.05, 0) is 42.2 Å². The molecule has 3 aromatic rings. The third kappa shape index (κ3) is 3.55. The summed E-state index contributed by atoms with van der Waals surface area (Å²) in [5.41, 5.74) is 2.50. The van der Waals surface area contributed by atoms with E-state index in [4.69, 9.17) is 9.47 Å². The fraction of sp³-hybridized carbons (Fsp3) is 0.286. The SMILES string of the molecule is CC(C)c1c(C(=O)NCCc2ccc3c(c2)OCO3)cnn1-c1ccccn1. The van der Waals surface area contributed by atoms with Crippen LogP contribution in [0.3, 0.4) is 0 Å². The van der Waals surface area contributed by atoms with Crippen molar-refractivity contribution in [2.75, 3.05) is 13.3 Å². The molecule has 0 bridgehead atoms. The highest BCUT2D eigenvalue weighted by Crippen LogP contribution is 2.32. The summed E-state index contributed by atoms with van der Waals surface area (Å²) in [6.07, 6.45) is 4.03. The van der Waals surface area contributed by atoms with Gasteiger partial charge in [-0.25, -0.2) is 9.67 Å². The lowest BCUT2D eigenvalue weighted by atomic mass is 10.1. The average molecular weight is 378 g/mol. The number of nitrogens with zero attached hydrogens (tertiary/aromatic N) is 3. The number of ether oxygens (including phenoxy) is 2. The summed E-state index contributed by atoms with van der Waals surface area (Å²) in [7, 11) is 0. The second-order valence-electron chi connectivity index (χ2n) is 6.89. The van der Waals surface area contributed by atoms with Gasteiger partial charge >= 0.3 is 0 Å². The minimum Gasteiger partial charge on any atom is -0.454 e. The van der Waals surface area contributed by atoms with Crippen LogP contribution in [0.4, 0.5) is 0 Å². The number of hydrogen-bond donors (Lipinski definition) is 1. The zero-order chi connectivity index (χ0) is 19.5. The molecule has 0 atom stereocenters. The first-order valence-corrected chi connectivity index (χ1v) is 9.29. The Morgan fingerprint density at radius 2 is 2.07 bits per heavy atom. The second kappa shape index (κ2) is 7.72. The topological polar surface area (TPSA) is 78.3 Å². The molecule has 4 rings (SSSR count). The monoisotopic (exact) mass is 378 g/mol. The van der Waals surface area contributed by atoms with Crippen LogP contribution in [-0.4, -0.2) is 34.0 Å². The summed E-state index contributed by atoms with van der Waals surface area (Å²) in [6, 6.07) is 11.5. The van der Waals surface area contributed by atoms with E-state index < -0.39 is 0 Å². The van der Waals surface area contributed by atoms with E-state index in [0.29, 0.717) is 24.3 Å². The first kappa shape index (κ1) is 18.0. The molecule has 0 saturated heterocycles. The summed E-state index contributed by atoms with van der Waals surface area (Å²) in [6.45, 7) is 4.86. The minimum atomic E-state index is -0.133. The molecule has 1 amide bonds. The van der Waals surface area contributed by atoms with Crippen molar-refractivity contribution in [3.05, 3.63) is 65.6 Å². The van der Waals surface area contributed by atoms with E-state index in [1.54, 1.807) is 17.1 Å². The number of benzene rings is 1. The number of fused-ring (bicyclic) bond motifs is 1. The number of nitrogens with one attached hydrogen (secondary N) is 1. The van der Waals surface area contributed by atoms with Crippen LogP contribution in [0.1, 0.15) is 41.4 Å².